The van der Waals surface area contributed by atoms with Crippen molar-refractivity contribution in [2.75, 3.05) is 12.3 Å². The van der Waals surface area contributed by atoms with Gasteiger partial charge in [-0.2, -0.15) is 5.26 Å². The summed E-state index contributed by atoms with van der Waals surface area (Å²) in [7, 11) is 0. The molecule has 0 atom stereocenters. The Balaban J connectivity index is 2.24. The third-order valence-electron chi connectivity index (χ3n) is 2.58. The normalized spacial score (nSPS) is 9.85. The number of hydrogen-bond acceptors (Lipinski definition) is 4. The molecule has 0 aliphatic heterocycles. The van der Waals surface area contributed by atoms with Crippen molar-refractivity contribution < 1.29 is 13.9 Å². The highest BCUT2D eigenvalue weighted by atomic mass is 19.1. The Morgan fingerprint density at radius 1 is 1.20 bits per heavy atom. The number of nitriles is 1. The average molecular weight is 272 g/mol. The zero-order valence-electron chi connectivity index (χ0n) is 10.9. The monoisotopic (exact) mass is 272 g/mol. The Hall–Kier alpha value is -2.74. The second kappa shape index (κ2) is 5.93. The second-order valence-electron chi connectivity index (χ2n) is 3.99. The highest BCUT2D eigenvalue weighted by Gasteiger charge is 2.07. The van der Waals surface area contributed by atoms with Crippen LogP contribution < -0.4 is 15.2 Å². The number of hydrogen-bond donors (Lipinski definition) is 1. The maximum atomic E-state index is 13.5. The maximum Gasteiger partial charge on any atom is 0.145 e. The topological polar surface area (TPSA) is 68.3 Å². The number of nitrogens with zero attached hydrogens (tertiary/aromatic N) is 1. The quantitative estimate of drug-likeness (QED) is 0.865. The van der Waals surface area contributed by atoms with Crippen LogP contribution in [0.4, 0.5) is 10.1 Å². The van der Waals surface area contributed by atoms with Gasteiger partial charge in [0.15, 0.2) is 0 Å². The van der Waals surface area contributed by atoms with E-state index in [0.29, 0.717) is 29.5 Å². The SMILES string of the molecule is CCOc1cc(Oc2ccc(C#N)c(F)c2)ccc1N. The summed E-state index contributed by atoms with van der Waals surface area (Å²) in [5.74, 6) is 0.671. The van der Waals surface area contributed by atoms with E-state index < -0.39 is 5.82 Å². The molecule has 2 N–H and O–H groups in total. The van der Waals surface area contributed by atoms with Gasteiger partial charge in [-0.15, -0.1) is 0 Å². The number of nitrogen functional groups attached to an aromatic ring is 1. The van der Waals surface area contributed by atoms with Gasteiger partial charge in [-0.25, -0.2) is 4.39 Å². The van der Waals surface area contributed by atoms with Crippen molar-refractivity contribution in [2.24, 2.45) is 0 Å². The summed E-state index contributed by atoms with van der Waals surface area (Å²) in [6.45, 7) is 2.34. The standard InChI is InChI=1S/C15H13FN2O2/c1-2-19-15-8-12(5-6-14(15)18)20-11-4-3-10(9-17)13(16)7-11/h3-8H,2,18H2,1H3. The van der Waals surface area contributed by atoms with Crippen molar-refractivity contribution in [2.45, 2.75) is 6.92 Å². The first kappa shape index (κ1) is 13.7. The van der Waals surface area contributed by atoms with Crippen LogP contribution in [0.2, 0.25) is 0 Å². The maximum absolute atomic E-state index is 13.5. The van der Waals surface area contributed by atoms with Crippen molar-refractivity contribution >= 4 is 5.69 Å². The summed E-state index contributed by atoms with van der Waals surface area (Å²) in [6, 6.07) is 10.8. The highest BCUT2D eigenvalue weighted by molar-refractivity contribution is 5.56. The van der Waals surface area contributed by atoms with Crippen LogP contribution in [0.25, 0.3) is 0 Å². The van der Waals surface area contributed by atoms with Crippen LogP contribution in [-0.4, -0.2) is 6.61 Å². The van der Waals surface area contributed by atoms with Gasteiger partial charge < -0.3 is 15.2 Å². The summed E-state index contributed by atoms with van der Waals surface area (Å²) < 4.78 is 24.3. The van der Waals surface area contributed by atoms with Crippen LogP contribution in [0.1, 0.15) is 12.5 Å². The summed E-state index contributed by atoms with van der Waals surface area (Å²) in [4.78, 5) is 0. The lowest BCUT2D eigenvalue weighted by Crippen LogP contribution is -1.97. The van der Waals surface area contributed by atoms with Crippen LogP contribution in [0.15, 0.2) is 36.4 Å². The molecule has 0 fully saturated rings. The molecule has 0 spiro atoms. The third kappa shape index (κ3) is 2.98. The van der Waals surface area contributed by atoms with Gasteiger partial charge in [0.25, 0.3) is 0 Å². The fourth-order valence-electron chi connectivity index (χ4n) is 1.64. The number of halogens is 1. The van der Waals surface area contributed by atoms with E-state index in [-0.39, 0.29) is 5.56 Å². The molecule has 0 aliphatic rings. The first-order valence-corrected chi connectivity index (χ1v) is 6.04. The molecule has 0 radical (unpaired) electrons. The minimum absolute atomic E-state index is 0.0235. The van der Waals surface area contributed by atoms with E-state index in [1.807, 2.05) is 6.92 Å². The Kier molecular flexibility index (Phi) is 4.06. The fourth-order valence-corrected chi connectivity index (χ4v) is 1.64. The van der Waals surface area contributed by atoms with Crippen molar-refractivity contribution in [1.29, 1.82) is 5.26 Å². The van der Waals surface area contributed by atoms with Crippen LogP contribution in [0.3, 0.4) is 0 Å². The number of nitrogens with two attached hydrogens (primary N) is 1. The molecule has 0 heterocycles. The van der Waals surface area contributed by atoms with E-state index in [9.17, 15) is 4.39 Å². The van der Waals surface area contributed by atoms with Crippen LogP contribution >= 0.6 is 0 Å². The lowest BCUT2D eigenvalue weighted by atomic mass is 10.2. The molecule has 2 aromatic rings. The van der Waals surface area contributed by atoms with Gasteiger partial charge in [0.2, 0.25) is 0 Å². The molecule has 2 rings (SSSR count). The van der Waals surface area contributed by atoms with Gasteiger partial charge in [-0.3, -0.25) is 0 Å². The first-order valence-electron chi connectivity index (χ1n) is 6.04. The zero-order chi connectivity index (χ0) is 14.5. The van der Waals surface area contributed by atoms with Gasteiger partial charge in [0, 0.05) is 12.1 Å². The minimum atomic E-state index is -0.620. The molecule has 4 nitrogen and oxygen atoms in total. The molecule has 0 unspecified atom stereocenters. The van der Waals surface area contributed by atoms with Crippen LogP contribution in [-0.2, 0) is 0 Å². The molecule has 0 aromatic heterocycles. The van der Waals surface area contributed by atoms with Gasteiger partial charge in [-0.1, -0.05) is 0 Å². The largest absolute Gasteiger partial charge is 0.492 e. The molecule has 0 aliphatic carbocycles. The summed E-state index contributed by atoms with van der Waals surface area (Å²) >= 11 is 0. The molecular weight excluding hydrogens is 259 g/mol. The molecule has 0 bridgehead atoms. The van der Waals surface area contributed by atoms with E-state index >= 15 is 0 Å². The molecule has 0 saturated carbocycles. The summed E-state index contributed by atoms with van der Waals surface area (Å²) in [5, 5.41) is 8.66. The predicted molar refractivity (Wildman–Crippen MR) is 73.2 cm³/mol. The van der Waals surface area contributed by atoms with Crippen molar-refractivity contribution in [3.8, 4) is 23.3 Å². The molecule has 0 saturated heterocycles. The third-order valence-corrected chi connectivity index (χ3v) is 2.58. The van der Waals surface area contributed by atoms with Crippen LogP contribution in [0, 0.1) is 17.1 Å². The Morgan fingerprint density at radius 2 is 1.90 bits per heavy atom. The Morgan fingerprint density at radius 3 is 2.55 bits per heavy atom. The molecular formula is C15H13FN2O2. The van der Waals surface area contributed by atoms with E-state index in [4.69, 9.17) is 20.5 Å². The van der Waals surface area contributed by atoms with Crippen molar-refractivity contribution in [3.63, 3.8) is 0 Å². The average Bonchev–Trinajstić information content (AvgIpc) is 2.43. The smallest absolute Gasteiger partial charge is 0.145 e. The van der Waals surface area contributed by atoms with Crippen molar-refractivity contribution in [3.05, 3.63) is 47.8 Å². The molecule has 2 aromatic carbocycles. The number of ether oxygens (including phenoxy) is 2. The summed E-state index contributed by atoms with van der Waals surface area (Å²) in [6.07, 6.45) is 0. The molecule has 20 heavy (non-hydrogen) atoms. The zero-order valence-corrected chi connectivity index (χ0v) is 10.9. The Bertz CT molecular complexity index is 665. The lowest BCUT2D eigenvalue weighted by molar-refractivity contribution is 0.340. The molecule has 5 heteroatoms. The predicted octanol–water partition coefficient (Wildman–Crippen LogP) is 3.47. The second-order valence-corrected chi connectivity index (χ2v) is 3.99. The minimum Gasteiger partial charge on any atom is -0.492 e. The van der Waals surface area contributed by atoms with E-state index in [2.05, 4.69) is 0 Å². The van der Waals surface area contributed by atoms with Crippen molar-refractivity contribution in [1.82, 2.24) is 0 Å². The first-order chi connectivity index (χ1) is 9.63. The van der Waals surface area contributed by atoms with Gasteiger partial charge in [-0.05, 0) is 31.2 Å². The van der Waals surface area contributed by atoms with E-state index in [1.54, 1.807) is 24.3 Å². The number of anilines is 1. The molecule has 0 amide bonds. The Labute approximate surface area is 116 Å². The molecule has 102 valence electrons. The van der Waals surface area contributed by atoms with E-state index in [1.165, 1.54) is 12.1 Å². The van der Waals surface area contributed by atoms with Gasteiger partial charge in [0.05, 0.1) is 17.9 Å². The van der Waals surface area contributed by atoms with Gasteiger partial charge in [0.1, 0.15) is 29.1 Å². The lowest BCUT2D eigenvalue weighted by Gasteiger charge is -2.10. The number of rotatable bonds is 4. The number of benzene rings is 2. The summed E-state index contributed by atoms with van der Waals surface area (Å²) in [5.41, 5.74) is 6.24. The van der Waals surface area contributed by atoms with Crippen LogP contribution in [0.5, 0.6) is 17.2 Å². The van der Waals surface area contributed by atoms with Gasteiger partial charge >= 0.3 is 0 Å². The highest BCUT2D eigenvalue weighted by Crippen LogP contribution is 2.30. The fraction of sp³-hybridized carbons (Fsp3) is 0.133. The van der Waals surface area contributed by atoms with E-state index in [0.717, 1.165) is 6.07 Å².